The van der Waals surface area contributed by atoms with Crippen LogP contribution >= 0.6 is 0 Å². The van der Waals surface area contributed by atoms with Crippen LogP contribution in [0.1, 0.15) is 40.0 Å². The second kappa shape index (κ2) is 5.03. The maximum Gasteiger partial charge on any atom is 0.133 e. The van der Waals surface area contributed by atoms with Crippen LogP contribution in [0.25, 0.3) is 0 Å². The van der Waals surface area contributed by atoms with E-state index in [1.807, 2.05) is 0 Å². The molecule has 0 amide bonds. The van der Waals surface area contributed by atoms with Crippen molar-refractivity contribution < 1.29 is 10.2 Å². The zero-order chi connectivity index (χ0) is 12.2. The molecule has 90 valence electrons. The Hall–Kier alpha value is -0.780. The predicted molar refractivity (Wildman–Crippen MR) is 65.7 cm³/mol. The van der Waals surface area contributed by atoms with Gasteiger partial charge in [0, 0.05) is 5.41 Å². The minimum Gasteiger partial charge on any atom is -0.392 e. The van der Waals surface area contributed by atoms with Gasteiger partial charge < -0.3 is 10.2 Å². The number of aliphatic hydroxyl groups is 2. The van der Waals surface area contributed by atoms with Crippen LogP contribution in [0.15, 0.2) is 12.2 Å². The molecular weight excluding hydrogens is 200 g/mol. The fraction of sp³-hybridized carbons (Fsp3) is 0.714. The van der Waals surface area contributed by atoms with E-state index >= 15 is 0 Å². The Morgan fingerprint density at radius 3 is 2.69 bits per heavy atom. The molecule has 0 saturated heterocycles. The van der Waals surface area contributed by atoms with Gasteiger partial charge in [-0.3, -0.25) is 0 Å². The lowest BCUT2D eigenvalue weighted by Crippen LogP contribution is -2.51. The molecule has 16 heavy (non-hydrogen) atoms. The van der Waals surface area contributed by atoms with Gasteiger partial charge in [0.1, 0.15) is 5.60 Å². The molecule has 0 radical (unpaired) electrons. The average molecular weight is 222 g/mol. The van der Waals surface area contributed by atoms with Crippen molar-refractivity contribution in [3.8, 4) is 11.8 Å². The van der Waals surface area contributed by atoms with E-state index in [1.165, 1.54) is 0 Å². The second-order valence-corrected chi connectivity index (χ2v) is 5.30. The molecule has 0 aromatic rings. The van der Waals surface area contributed by atoms with Crippen molar-refractivity contribution >= 4 is 0 Å². The fourth-order valence-corrected chi connectivity index (χ4v) is 2.47. The summed E-state index contributed by atoms with van der Waals surface area (Å²) in [5, 5.41) is 19.3. The summed E-state index contributed by atoms with van der Waals surface area (Å²) in [6.07, 6.45) is 6.38. The first-order valence-corrected chi connectivity index (χ1v) is 5.95. The Labute approximate surface area is 98.4 Å². The Bertz CT molecular complexity index is 319. The SMILES string of the molecule is CC1CCCC(C)(C)C1(O)C#CC=CCO. The van der Waals surface area contributed by atoms with Crippen LogP contribution in [-0.2, 0) is 0 Å². The molecule has 0 spiro atoms. The molecule has 2 heteroatoms. The third-order valence-corrected chi connectivity index (χ3v) is 3.75. The van der Waals surface area contributed by atoms with Gasteiger partial charge in [-0.05, 0) is 24.8 Å². The molecule has 1 aliphatic rings. The van der Waals surface area contributed by atoms with Gasteiger partial charge in [-0.1, -0.05) is 45.1 Å². The highest BCUT2D eigenvalue weighted by Gasteiger charge is 2.48. The molecule has 0 aliphatic heterocycles. The van der Waals surface area contributed by atoms with E-state index in [9.17, 15) is 5.11 Å². The molecule has 1 fully saturated rings. The minimum absolute atomic E-state index is 0.00788. The maximum atomic E-state index is 10.7. The summed E-state index contributed by atoms with van der Waals surface area (Å²) in [7, 11) is 0. The Morgan fingerprint density at radius 1 is 1.44 bits per heavy atom. The summed E-state index contributed by atoms with van der Waals surface area (Å²) < 4.78 is 0. The number of allylic oxidation sites excluding steroid dienone is 1. The Morgan fingerprint density at radius 2 is 2.12 bits per heavy atom. The first-order valence-electron chi connectivity index (χ1n) is 5.95. The lowest BCUT2D eigenvalue weighted by Gasteiger charge is -2.47. The molecule has 0 heterocycles. The number of hydrogen-bond acceptors (Lipinski definition) is 2. The van der Waals surface area contributed by atoms with Crippen LogP contribution in [0.2, 0.25) is 0 Å². The zero-order valence-electron chi connectivity index (χ0n) is 10.5. The van der Waals surface area contributed by atoms with E-state index in [2.05, 4.69) is 32.6 Å². The molecule has 2 atom stereocenters. The van der Waals surface area contributed by atoms with E-state index in [-0.39, 0.29) is 17.9 Å². The quantitative estimate of drug-likeness (QED) is 0.667. The van der Waals surface area contributed by atoms with Crippen molar-refractivity contribution in [1.29, 1.82) is 0 Å². The highest BCUT2D eigenvalue weighted by atomic mass is 16.3. The monoisotopic (exact) mass is 222 g/mol. The molecule has 2 N–H and O–H groups in total. The first-order chi connectivity index (χ1) is 7.44. The van der Waals surface area contributed by atoms with Gasteiger partial charge in [-0.25, -0.2) is 0 Å². The summed E-state index contributed by atoms with van der Waals surface area (Å²) >= 11 is 0. The number of rotatable bonds is 1. The third-order valence-electron chi connectivity index (χ3n) is 3.75. The van der Waals surface area contributed by atoms with E-state index in [0.717, 1.165) is 19.3 Å². The van der Waals surface area contributed by atoms with Gasteiger partial charge in [0.25, 0.3) is 0 Å². The van der Waals surface area contributed by atoms with Crippen molar-refractivity contribution in [1.82, 2.24) is 0 Å². The largest absolute Gasteiger partial charge is 0.392 e. The van der Waals surface area contributed by atoms with Crippen LogP contribution in [0, 0.1) is 23.2 Å². The average Bonchev–Trinajstić information content (AvgIpc) is 2.21. The van der Waals surface area contributed by atoms with Crippen molar-refractivity contribution in [2.75, 3.05) is 6.61 Å². The van der Waals surface area contributed by atoms with Gasteiger partial charge in [0.15, 0.2) is 0 Å². The molecule has 2 unspecified atom stereocenters. The van der Waals surface area contributed by atoms with Crippen LogP contribution in [-0.4, -0.2) is 22.4 Å². The molecular formula is C14H22O2. The van der Waals surface area contributed by atoms with E-state index < -0.39 is 5.60 Å². The molecule has 2 nitrogen and oxygen atoms in total. The van der Waals surface area contributed by atoms with Crippen LogP contribution in [0.5, 0.6) is 0 Å². The summed E-state index contributed by atoms with van der Waals surface area (Å²) in [6, 6.07) is 0. The van der Waals surface area contributed by atoms with Crippen molar-refractivity contribution in [2.24, 2.45) is 11.3 Å². The predicted octanol–water partition coefficient (Wildman–Crippen LogP) is 2.12. The Balaban J connectivity index is 2.92. The topological polar surface area (TPSA) is 40.5 Å². The van der Waals surface area contributed by atoms with Gasteiger partial charge >= 0.3 is 0 Å². The summed E-state index contributed by atoms with van der Waals surface area (Å²) in [6.45, 7) is 6.21. The standard InChI is InChI=1S/C14H22O2/c1-12-8-7-9-13(2,3)14(12,16)10-5-4-6-11-15/h4,6,12,15-16H,7-9,11H2,1-3H3. The Kier molecular flexibility index (Phi) is 4.18. The van der Waals surface area contributed by atoms with Gasteiger partial charge in [-0.15, -0.1) is 0 Å². The van der Waals surface area contributed by atoms with Crippen molar-refractivity contribution in [3.05, 3.63) is 12.2 Å². The molecule has 0 aromatic heterocycles. The fourth-order valence-electron chi connectivity index (χ4n) is 2.47. The molecule has 0 aromatic carbocycles. The van der Waals surface area contributed by atoms with Crippen LogP contribution in [0.3, 0.4) is 0 Å². The molecule has 1 aliphatic carbocycles. The van der Waals surface area contributed by atoms with E-state index in [1.54, 1.807) is 12.2 Å². The van der Waals surface area contributed by atoms with E-state index in [0.29, 0.717) is 0 Å². The lowest BCUT2D eigenvalue weighted by molar-refractivity contribution is -0.0860. The summed E-state index contributed by atoms with van der Waals surface area (Å²) in [5.41, 5.74) is -1.07. The smallest absolute Gasteiger partial charge is 0.133 e. The maximum absolute atomic E-state index is 10.7. The van der Waals surface area contributed by atoms with Crippen molar-refractivity contribution in [3.63, 3.8) is 0 Å². The second-order valence-electron chi connectivity index (χ2n) is 5.30. The van der Waals surface area contributed by atoms with Gasteiger partial charge in [0.05, 0.1) is 6.61 Å². The molecule has 1 saturated carbocycles. The van der Waals surface area contributed by atoms with Crippen LogP contribution < -0.4 is 0 Å². The van der Waals surface area contributed by atoms with Gasteiger partial charge in [-0.2, -0.15) is 0 Å². The normalized spacial score (nSPS) is 33.4. The molecule has 1 rings (SSSR count). The van der Waals surface area contributed by atoms with Crippen LogP contribution in [0.4, 0.5) is 0 Å². The highest BCUT2D eigenvalue weighted by molar-refractivity contribution is 5.27. The number of aliphatic hydroxyl groups excluding tert-OH is 1. The van der Waals surface area contributed by atoms with Gasteiger partial charge in [0.2, 0.25) is 0 Å². The third kappa shape index (κ3) is 2.48. The van der Waals surface area contributed by atoms with E-state index in [4.69, 9.17) is 5.11 Å². The lowest BCUT2D eigenvalue weighted by atomic mass is 9.61. The van der Waals surface area contributed by atoms with Crippen molar-refractivity contribution in [2.45, 2.75) is 45.6 Å². The minimum atomic E-state index is -0.912. The summed E-state index contributed by atoms with van der Waals surface area (Å²) in [4.78, 5) is 0. The first kappa shape index (κ1) is 13.3. The number of hydrogen-bond donors (Lipinski definition) is 2. The highest BCUT2D eigenvalue weighted by Crippen LogP contribution is 2.46. The zero-order valence-corrected chi connectivity index (χ0v) is 10.5. The molecule has 0 bridgehead atoms. The summed E-state index contributed by atoms with van der Waals surface area (Å²) in [5.74, 6) is 6.02.